The summed E-state index contributed by atoms with van der Waals surface area (Å²) in [4.78, 5) is 10.9. The summed E-state index contributed by atoms with van der Waals surface area (Å²) >= 11 is 0.834. The molecule has 0 fully saturated rings. The lowest BCUT2D eigenvalue weighted by Crippen LogP contribution is -2.25. The molecule has 18 heavy (non-hydrogen) atoms. The van der Waals surface area contributed by atoms with E-state index in [1.165, 1.54) is 6.07 Å². The predicted molar refractivity (Wildman–Crippen MR) is 68.2 cm³/mol. The highest BCUT2D eigenvalue weighted by molar-refractivity contribution is 7.93. The van der Waals surface area contributed by atoms with Crippen molar-refractivity contribution in [1.29, 1.82) is 5.26 Å². The molecule has 8 heteroatoms. The Morgan fingerprint density at radius 1 is 1.67 bits per heavy atom. The van der Waals surface area contributed by atoms with Crippen LogP contribution in [0.4, 0.5) is 5.00 Å². The summed E-state index contributed by atoms with van der Waals surface area (Å²) in [6.07, 6.45) is 0.169. The van der Waals surface area contributed by atoms with Crippen molar-refractivity contribution in [3.63, 3.8) is 0 Å². The Balaban J connectivity index is 3.03. The van der Waals surface area contributed by atoms with Crippen LogP contribution in [0.3, 0.4) is 0 Å². The van der Waals surface area contributed by atoms with Gasteiger partial charge in [-0.3, -0.25) is 4.72 Å². The zero-order valence-electron chi connectivity index (χ0n) is 9.80. The van der Waals surface area contributed by atoms with Crippen LogP contribution in [0.15, 0.2) is 6.07 Å². The SMILES string of the molecule is CCC(C#N)S(=O)(=O)Nc1cc(C)c(C(=O)O)s1. The van der Waals surface area contributed by atoms with Gasteiger partial charge in [-0.1, -0.05) is 6.92 Å². The molecule has 0 amide bonds. The largest absolute Gasteiger partial charge is 0.477 e. The molecule has 0 aromatic carbocycles. The number of nitrogens with zero attached hydrogens (tertiary/aromatic N) is 1. The minimum Gasteiger partial charge on any atom is -0.477 e. The van der Waals surface area contributed by atoms with Crippen molar-refractivity contribution in [2.24, 2.45) is 0 Å². The third-order valence-electron chi connectivity index (χ3n) is 2.24. The molecule has 1 aromatic rings. The number of aryl methyl sites for hydroxylation is 1. The molecule has 1 aromatic heterocycles. The van der Waals surface area contributed by atoms with E-state index < -0.39 is 21.2 Å². The molecule has 1 rings (SSSR count). The van der Waals surface area contributed by atoms with Crippen molar-refractivity contribution >= 4 is 32.3 Å². The first kappa shape index (κ1) is 14.5. The molecule has 1 unspecified atom stereocenters. The van der Waals surface area contributed by atoms with Crippen molar-refractivity contribution in [1.82, 2.24) is 0 Å². The van der Waals surface area contributed by atoms with E-state index in [0.717, 1.165) is 11.3 Å². The minimum atomic E-state index is -3.80. The number of hydrogen-bond donors (Lipinski definition) is 2. The smallest absolute Gasteiger partial charge is 0.346 e. The maximum absolute atomic E-state index is 11.8. The molecule has 1 atom stereocenters. The highest BCUT2D eigenvalue weighted by Gasteiger charge is 2.24. The molecule has 0 aliphatic carbocycles. The maximum Gasteiger partial charge on any atom is 0.346 e. The van der Waals surface area contributed by atoms with E-state index in [2.05, 4.69) is 4.72 Å². The number of sulfonamides is 1. The summed E-state index contributed by atoms with van der Waals surface area (Å²) in [7, 11) is -3.80. The second kappa shape index (κ2) is 5.37. The van der Waals surface area contributed by atoms with Crippen LogP contribution in [0, 0.1) is 18.3 Å². The van der Waals surface area contributed by atoms with Crippen LogP contribution < -0.4 is 4.72 Å². The number of anilines is 1. The Hall–Kier alpha value is -1.59. The van der Waals surface area contributed by atoms with Gasteiger partial charge in [-0.15, -0.1) is 11.3 Å². The number of rotatable bonds is 5. The van der Waals surface area contributed by atoms with Crippen LogP contribution in [-0.2, 0) is 10.0 Å². The maximum atomic E-state index is 11.8. The number of hydrogen-bond acceptors (Lipinski definition) is 5. The summed E-state index contributed by atoms with van der Waals surface area (Å²) in [5.41, 5.74) is 0.482. The second-order valence-electron chi connectivity index (χ2n) is 3.60. The van der Waals surface area contributed by atoms with Crippen molar-refractivity contribution in [3.8, 4) is 6.07 Å². The molecule has 6 nitrogen and oxygen atoms in total. The molecule has 1 heterocycles. The fourth-order valence-electron chi connectivity index (χ4n) is 1.34. The zero-order chi connectivity index (χ0) is 13.9. The number of nitrogens with one attached hydrogen (secondary N) is 1. The van der Waals surface area contributed by atoms with Gasteiger partial charge in [0.1, 0.15) is 9.88 Å². The lowest BCUT2D eigenvalue weighted by Gasteiger charge is -2.08. The van der Waals surface area contributed by atoms with Gasteiger partial charge in [0.25, 0.3) is 0 Å². The molecule has 98 valence electrons. The van der Waals surface area contributed by atoms with Crippen molar-refractivity contribution in [3.05, 3.63) is 16.5 Å². The average Bonchev–Trinajstić information content (AvgIpc) is 2.59. The minimum absolute atomic E-state index is 0.0812. The monoisotopic (exact) mass is 288 g/mol. The molecular formula is C10H12N2O4S2. The van der Waals surface area contributed by atoms with E-state index >= 15 is 0 Å². The first-order valence-electron chi connectivity index (χ1n) is 5.06. The van der Waals surface area contributed by atoms with Gasteiger partial charge in [0.05, 0.1) is 6.07 Å². The Bertz CT molecular complexity index is 598. The molecule has 0 saturated heterocycles. The number of nitriles is 1. The summed E-state index contributed by atoms with van der Waals surface area (Å²) in [6, 6.07) is 3.13. The second-order valence-corrected chi connectivity index (χ2v) is 6.52. The molecule has 0 radical (unpaired) electrons. The molecule has 0 aliphatic rings. The van der Waals surface area contributed by atoms with Crippen molar-refractivity contribution in [2.75, 3.05) is 4.72 Å². The highest BCUT2D eigenvalue weighted by Crippen LogP contribution is 2.28. The topological polar surface area (TPSA) is 107 Å². The van der Waals surface area contributed by atoms with Crippen LogP contribution >= 0.6 is 11.3 Å². The Morgan fingerprint density at radius 2 is 2.28 bits per heavy atom. The Kier molecular flexibility index (Phi) is 4.32. The van der Waals surface area contributed by atoms with Gasteiger partial charge in [-0.05, 0) is 25.0 Å². The van der Waals surface area contributed by atoms with Crippen molar-refractivity contribution < 1.29 is 18.3 Å². The van der Waals surface area contributed by atoms with Gasteiger partial charge in [-0.2, -0.15) is 5.26 Å². The lowest BCUT2D eigenvalue weighted by atomic mass is 10.3. The molecule has 0 bridgehead atoms. The van der Waals surface area contributed by atoms with E-state index in [4.69, 9.17) is 10.4 Å². The van der Waals surface area contributed by atoms with E-state index in [-0.39, 0.29) is 16.3 Å². The molecular weight excluding hydrogens is 276 g/mol. The first-order valence-corrected chi connectivity index (χ1v) is 7.43. The Labute approximate surface area is 109 Å². The van der Waals surface area contributed by atoms with E-state index in [1.54, 1.807) is 19.9 Å². The Morgan fingerprint density at radius 3 is 2.67 bits per heavy atom. The predicted octanol–water partition coefficient (Wildman–Crippen LogP) is 1.80. The molecule has 2 N–H and O–H groups in total. The zero-order valence-corrected chi connectivity index (χ0v) is 11.4. The van der Waals surface area contributed by atoms with Gasteiger partial charge in [0.15, 0.2) is 5.25 Å². The number of carbonyl (C=O) groups is 1. The van der Waals surface area contributed by atoms with Gasteiger partial charge in [0.2, 0.25) is 10.0 Å². The van der Waals surface area contributed by atoms with Crippen LogP contribution in [0.25, 0.3) is 0 Å². The standard InChI is InChI=1S/C10H12N2O4S2/c1-3-7(5-11)18(15,16)12-8-4-6(2)9(17-8)10(13)14/h4,7,12H,3H2,1-2H3,(H,13,14). The summed E-state index contributed by atoms with van der Waals surface area (Å²) < 4.78 is 25.8. The lowest BCUT2D eigenvalue weighted by molar-refractivity contribution is 0.0701. The van der Waals surface area contributed by atoms with Gasteiger partial charge in [0, 0.05) is 0 Å². The number of carboxylic acid groups (broad SMARTS) is 1. The molecule has 0 saturated carbocycles. The first-order chi connectivity index (χ1) is 8.31. The highest BCUT2D eigenvalue weighted by atomic mass is 32.2. The fraction of sp³-hybridized carbons (Fsp3) is 0.400. The summed E-state index contributed by atoms with van der Waals surface area (Å²) in [5, 5.41) is 16.6. The van der Waals surface area contributed by atoms with Gasteiger partial charge < -0.3 is 5.11 Å². The van der Waals surface area contributed by atoms with E-state index in [9.17, 15) is 13.2 Å². The summed E-state index contributed by atoms with van der Waals surface area (Å²) in [5.74, 6) is -1.10. The van der Waals surface area contributed by atoms with E-state index in [0.29, 0.717) is 5.56 Å². The molecule has 0 aliphatic heterocycles. The number of carboxylic acids is 1. The van der Waals surface area contributed by atoms with Crippen LogP contribution in [0.1, 0.15) is 28.6 Å². The third-order valence-corrected chi connectivity index (χ3v) is 5.21. The number of aromatic carboxylic acids is 1. The van der Waals surface area contributed by atoms with Gasteiger partial charge in [-0.25, -0.2) is 13.2 Å². The average molecular weight is 288 g/mol. The third kappa shape index (κ3) is 3.00. The normalized spacial score (nSPS) is 12.7. The van der Waals surface area contributed by atoms with Crippen LogP contribution in [-0.4, -0.2) is 24.7 Å². The number of thiophene rings is 1. The van der Waals surface area contributed by atoms with Crippen LogP contribution in [0.2, 0.25) is 0 Å². The van der Waals surface area contributed by atoms with Crippen LogP contribution in [0.5, 0.6) is 0 Å². The molecule has 0 spiro atoms. The summed E-state index contributed by atoms with van der Waals surface area (Å²) in [6.45, 7) is 3.18. The van der Waals surface area contributed by atoms with Gasteiger partial charge >= 0.3 is 5.97 Å². The fourth-order valence-corrected chi connectivity index (χ4v) is 3.67. The van der Waals surface area contributed by atoms with Crippen molar-refractivity contribution in [2.45, 2.75) is 25.5 Å². The van der Waals surface area contributed by atoms with E-state index in [1.807, 2.05) is 0 Å². The quantitative estimate of drug-likeness (QED) is 0.859.